The van der Waals surface area contributed by atoms with Crippen molar-refractivity contribution in [3.05, 3.63) is 39.8 Å². The predicted octanol–water partition coefficient (Wildman–Crippen LogP) is 0.677. The van der Waals surface area contributed by atoms with Gasteiger partial charge in [-0.15, -0.1) is 0 Å². The van der Waals surface area contributed by atoms with Gasteiger partial charge in [0.2, 0.25) is 0 Å². The van der Waals surface area contributed by atoms with Gasteiger partial charge in [0.15, 0.2) is 0 Å². The molecule has 16 heavy (non-hydrogen) atoms. The molecule has 0 radical (unpaired) electrons. The van der Waals surface area contributed by atoms with Gasteiger partial charge in [-0.2, -0.15) is 10.5 Å². The standard InChI is InChI=1S/C11H6N4O/c1-15-10-3-2-8(6-13)14-9(10)4-7(5-12)11(15)16/h2-4H,1H3. The molecule has 76 valence electrons. The molecule has 0 amide bonds. The number of nitriles is 2. The van der Waals surface area contributed by atoms with Crippen molar-refractivity contribution in [1.82, 2.24) is 9.55 Å². The molecule has 0 bridgehead atoms. The Bertz CT molecular complexity index is 716. The Labute approximate surface area is 90.8 Å². The van der Waals surface area contributed by atoms with E-state index in [2.05, 4.69) is 4.98 Å². The maximum Gasteiger partial charge on any atom is 0.268 e. The molecule has 0 aliphatic heterocycles. The van der Waals surface area contributed by atoms with Crippen molar-refractivity contribution in [2.75, 3.05) is 0 Å². The molecular weight excluding hydrogens is 204 g/mol. The fourth-order valence-corrected chi connectivity index (χ4v) is 1.49. The van der Waals surface area contributed by atoms with E-state index in [9.17, 15) is 4.79 Å². The summed E-state index contributed by atoms with van der Waals surface area (Å²) in [6.45, 7) is 0. The Balaban J connectivity index is 2.96. The molecule has 0 N–H and O–H groups in total. The largest absolute Gasteiger partial charge is 0.309 e. The molecule has 2 aromatic rings. The summed E-state index contributed by atoms with van der Waals surface area (Å²) in [5, 5.41) is 17.5. The van der Waals surface area contributed by atoms with Gasteiger partial charge in [0.1, 0.15) is 23.4 Å². The molecule has 2 aromatic heterocycles. The topological polar surface area (TPSA) is 82.5 Å². The molecule has 0 spiro atoms. The van der Waals surface area contributed by atoms with Gasteiger partial charge in [0, 0.05) is 7.05 Å². The minimum atomic E-state index is -0.360. The molecule has 0 atom stereocenters. The summed E-state index contributed by atoms with van der Waals surface area (Å²) in [5.74, 6) is 0. The molecule has 2 rings (SSSR count). The molecule has 0 saturated carbocycles. The zero-order chi connectivity index (χ0) is 11.7. The third-order valence-corrected chi connectivity index (χ3v) is 2.31. The zero-order valence-electron chi connectivity index (χ0n) is 8.43. The molecule has 0 aromatic carbocycles. The van der Waals surface area contributed by atoms with E-state index in [0.29, 0.717) is 11.0 Å². The SMILES string of the molecule is Cn1c(=O)c(C#N)cc2nc(C#N)ccc21. The second kappa shape index (κ2) is 3.48. The van der Waals surface area contributed by atoms with Gasteiger partial charge in [-0.05, 0) is 18.2 Å². The summed E-state index contributed by atoms with van der Waals surface area (Å²) in [7, 11) is 1.57. The summed E-state index contributed by atoms with van der Waals surface area (Å²) in [5.41, 5.74) is 0.995. The van der Waals surface area contributed by atoms with Crippen LogP contribution in [-0.4, -0.2) is 9.55 Å². The Morgan fingerprint density at radius 1 is 1.31 bits per heavy atom. The van der Waals surface area contributed by atoms with Gasteiger partial charge in [-0.3, -0.25) is 4.79 Å². The Hall–Kier alpha value is -2.66. The highest BCUT2D eigenvalue weighted by Crippen LogP contribution is 2.10. The number of aromatic nitrogens is 2. The molecule has 0 aliphatic carbocycles. The minimum absolute atomic E-state index is 0.0255. The van der Waals surface area contributed by atoms with Crippen LogP contribution in [0.15, 0.2) is 23.0 Å². The lowest BCUT2D eigenvalue weighted by Crippen LogP contribution is -2.20. The first kappa shape index (κ1) is 9.88. The molecule has 2 heterocycles. The second-order valence-electron chi connectivity index (χ2n) is 3.25. The number of nitrogens with zero attached hydrogens (tertiary/aromatic N) is 4. The quantitative estimate of drug-likeness (QED) is 0.640. The third-order valence-electron chi connectivity index (χ3n) is 2.31. The Kier molecular flexibility index (Phi) is 2.15. The summed E-state index contributed by atoms with van der Waals surface area (Å²) in [6, 6.07) is 8.30. The fraction of sp³-hybridized carbons (Fsp3) is 0.0909. The lowest BCUT2D eigenvalue weighted by atomic mass is 10.2. The summed E-state index contributed by atoms with van der Waals surface area (Å²) in [6.07, 6.45) is 0. The van der Waals surface area contributed by atoms with E-state index < -0.39 is 0 Å². The van der Waals surface area contributed by atoms with Gasteiger partial charge in [0.25, 0.3) is 5.56 Å². The van der Waals surface area contributed by atoms with Crippen molar-refractivity contribution in [2.24, 2.45) is 7.05 Å². The van der Waals surface area contributed by atoms with Gasteiger partial charge in [-0.1, -0.05) is 0 Å². The van der Waals surface area contributed by atoms with E-state index >= 15 is 0 Å². The average Bonchev–Trinajstić information content (AvgIpc) is 2.33. The van der Waals surface area contributed by atoms with Gasteiger partial charge >= 0.3 is 0 Å². The van der Waals surface area contributed by atoms with Crippen molar-refractivity contribution in [3.63, 3.8) is 0 Å². The zero-order valence-corrected chi connectivity index (χ0v) is 8.43. The number of hydrogen-bond acceptors (Lipinski definition) is 4. The Morgan fingerprint density at radius 3 is 2.69 bits per heavy atom. The molecule has 0 unspecified atom stereocenters. The second-order valence-corrected chi connectivity index (χ2v) is 3.25. The smallest absolute Gasteiger partial charge is 0.268 e. The number of hydrogen-bond donors (Lipinski definition) is 0. The number of fused-ring (bicyclic) bond motifs is 1. The normalized spacial score (nSPS) is 9.69. The maximum absolute atomic E-state index is 11.6. The van der Waals surface area contributed by atoms with Crippen LogP contribution in [0.4, 0.5) is 0 Å². The monoisotopic (exact) mass is 210 g/mol. The first-order chi connectivity index (χ1) is 7.67. The molecule has 5 nitrogen and oxygen atoms in total. The minimum Gasteiger partial charge on any atom is -0.309 e. The van der Waals surface area contributed by atoms with E-state index in [-0.39, 0.29) is 16.8 Å². The van der Waals surface area contributed by atoms with Crippen LogP contribution in [0.3, 0.4) is 0 Å². The number of aryl methyl sites for hydroxylation is 1. The highest BCUT2D eigenvalue weighted by Gasteiger charge is 2.07. The van der Waals surface area contributed by atoms with Gasteiger partial charge in [-0.25, -0.2) is 4.98 Å². The fourth-order valence-electron chi connectivity index (χ4n) is 1.49. The van der Waals surface area contributed by atoms with Crippen LogP contribution in [0.2, 0.25) is 0 Å². The van der Waals surface area contributed by atoms with Crippen LogP contribution in [0.25, 0.3) is 11.0 Å². The van der Waals surface area contributed by atoms with Crippen LogP contribution < -0.4 is 5.56 Å². The van der Waals surface area contributed by atoms with E-state index in [1.807, 2.05) is 12.1 Å². The Morgan fingerprint density at radius 2 is 2.06 bits per heavy atom. The van der Waals surface area contributed by atoms with Crippen LogP contribution >= 0.6 is 0 Å². The molecule has 0 aliphatic rings. The highest BCUT2D eigenvalue weighted by atomic mass is 16.1. The first-order valence-electron chi connectivity index (χ1n) is 4.48. The van der Waals surface area contributed by atoms with Crippen LogP contribution in [-0.2, 0) is 7.05 Å². The molecule has 0 fully saturated rings. The molecular formula is C11H6N4O. The van der Waals surface area contributed by atoms with Crippen molar-refractivity contribution in [3.8, 4) is 12.1 Å². The lowest BCUT2D eigenvalue weighted by Gasteiger charge is -2.04. The first-order valence-corrected chi connectivity index (χ1v) is 4.48. The van der Waals surface area contributed by atoms with Crippen molar-refractivity contribution < 1.29 is 0 Å². The van der Waals surface area contributed by atoms with E-state index in [4.69, 9.17) is 10.5 Å². The maximum atomic E-state index is 11.6. The number of rotatable bonds is 0. The van der Waals surface area contributed by atoms with Crippen LogP contribution in [0.1, 0.15) is 11.3 Å². The van der Waals surface area contributed by atoms with Gasteiger partial charge in [0.05, 0.1) is 11.0 Å². The van der Waals surface area contributed by atoms with Crippen LogP contribution in [0.5, 0.6) is 0 Å². The van der Waals surface area contributed by atoms with Crippen molar-refractivity contribution in [2.45, 2.75) is 0 Å². The summed E-state index contributed by atoms with van der Waals surface area (Å²) >= 11 is 0. The summed E-state index contributed by atoms with van der Waals surface area (Å²) in [4.78, 5) is 15.6. The summed E-state index contributed by atoms with van der Waals surface area (Å²) < 4.78 is 1.35. The lowest BCUT2D eigenvalue weighted by molar-refractivity contribution is 0.897. The van der Waals surface area contributed by atoms with Crippen molar-refractivity contribution >= 4 is 11.0 Å². The third kappa shape index (κ3) is 1.32. The van der Waals surface area contributed by atoms with Crippen LogP contribution in [0, 0.1) is 22.7 Å². The molecule has 5 heteroatoms. The van der Waals surface area contributed by atoms with Gasteiger partial charge < -0.3 is 4.57 Å². The average molecular weight is 210 g/mol. The number of pyridine rings is 2. The van der Waals surface area contributed by atoms with E-state index in [1.54, 1.807) is 13.1 Å². The van der Waals surface area contributed by atoms with E-state index in [0.717, 1.165) is 0 Å². The highest BCUT2D eigenvalue weighted by molar-refractivity contribution is 5.76. The van der Waals surface area contributed by atoms with E-state index in [1.165, 1.54) is 16.7 Å². The van der Waals surface area contributed by atoms with Crippen molar-refractivity contribution in [1.29, 1.82) is 10.5 Å². The predicted molar refractivity (Wildman–Crippen MR) is 56.4 cm³/mol. The molecule has 0 saturated heterocycles.